The van der Waals surface area contributed by atoms with Crippen LogP contribution in [0.4, 0.5) is 0 Å². The number of nitrogens with zero attached hydrogens (tertiary/aromatic N) is 3. The molecule has 27 heavy (non-hydrogen) atoms. The molecule has 0 N–H and O–H groups in total. The van der Waals surface area contributed by atoms with Crippen LogP contribution < -0.4 is 0 Å². The molecule has 0 aromatic heterocycles. The van der Waals surface area contributed by atoms with Crippen LogP contribution in [0.2, 0.25) is 5.02 Å². The Hall–Kier alpha value is -1.92. The molecule has 1 amide bonds. The molecule has 1 aliphatic rings. The molecule has 0 bridgehead atoms. The topological polar surface area (TPSA) is 81.5 Å². The van der Waals surface area contributed by atoms with E-state index < -0.39 is 10.0 Å². The molecule has 1 heterocycles. The lowest BCUT2D eigenvalue weighted by atomic mass is 10.2. The van der Waals surface area contributed by atoms with Crippen LogP contribution in [0.15, 0.2) is 51.8 Å². The van der Waals surface area contributed by atoms with Crippen molar-refractivity contribution in [2.45, 2.75) is 4.90 Å². The van der Waals surface area contributed by atoms with Gasteiger partial charge in [0.2, 0.25) is 10.0 Å². The van der Waals surface area contributed by atoms with Crippen molar-refractivity contribution in [1.82, 2.24) is 9.21 Å². The number of hydrogen-bond donors (Lipinski definition) is 0. The van der Waals surface area contributed by atoms with Gasteiger partial charge in [-0.05, 0) is 42.5 Å². The van der Waals surface area contributed by atoms with Gasteiger partial charge in [0.05, 0.1) is 27.1 Å². The minimum atomic E-state index is -3.66. The summed E-state index contributed by atoms with van der Waals surface area (Å²) in [7, 11) is -3.66. The van der Waals surface area contributed by atoms with E-state index in [0.29, 0.717) is 16.1 Å². The maximum atomic E-state index is 12.7. The van der Waals surface area contributed by atoms with Gasteiger partial charge in [-0.2, -0.15) is 9.57 Å². The number of sulfonamides is 1. The van der Waals surface area contributed by atoms with Gasteiger partial charge in [0, 0.05) is 30.7 Å². The monoisotopic (exact) mass is 467 g/mol. The zero-order chi connectivity index (χ0) is 19.6. The second-order valence-electron chi connectivity index (χ2n) is 5.96. The Morgan fingerprint density at radius 2 is 1.70 bits per heavy atom. The van der Waals surface area contributed by atoms with Crippen LogP contribution >= 0.6 is 27.5 Å². The third-order valence-electron chi connectivity index (χ3n) is 4.31. The summed E-state index contributed by atoms with van der Waals surface area (Å²) < 4.78 is 27.6. The maximum Gasteiger partial charge on any atom is 0.255 e. The fourth-order valence-corrected chi connectivity index (χ4v) is 4.80. The summed E-state index contributed by atoms with van der Waals surface area (Å²) in [4.78, 5) is 14.4. The van der Waals surface area contributed by atoms with E-state index in [4.69, 9.17) is 16.9 Å². The average molecular weight is 469 g/mol. The molecule has 0 atom stereocenters. The Morgan fingerprint density at radius 3 is 2.30 bits per heavy atom. The predicted octanol–water partition coefficient (Wildman–Crippen LogP) is 3.12. The highest BCUT2D eigenvalue weighted by atomic mass is 79.9. The molecule has 2 aromatic carbocycles. The molecule has 0 spiro atoms. The number of nitriles is 1. The van der Waals surface area contributed by atoms with Crippen LogP contribution in [0.25, 0.3) is 0 Å². The lowest BCUT2D eigenvalue weighted by Crippen LogP contribution is -2.50. The maximum absolute atomic E-state index is 12.7. The lowest BCUT2D eigenvalue weighted by Gasteiger charge is -2.34. The van der Waals surface area contributed by atoms with Gasteiger partial charge >= 0.3 is 0 Å². The van der Waals surface area contributed by atoms with E-state index in [1.807, 2.05) is 6.07 Å². The number of halogens is 2. The van der Waals surface area contributed by atoms with Gasteiger partial charge in [0.1, 0.15) is 0 Å². The highest BCUT2D eigenvalue weighted by Crippen LogP contribution is 2.24. The number of benzene rings is 2. The standard InChI is InChI=1S/C18H15BrClN3O3S/c19-14-3-6-17(20)16(11-14)18(24)22-7-9-23(10-8-22)27(25,26)15-4-1-13(12-21)2-5-15/h1-6,11H,7-10H2. The van der Waals surface area contributed by atoms with Crippen molar-refractivity contribution < 1.29 is 13.2 Å². The second-order valence-corrected chi connectivity index (χ2v) is 9.22. The van der Waals surface area contributed by atoms with Gasteiger partial charge in [0.15, 0.2) is 0 Å². The first-order valence-corrected chi connectivity index (χ1v) is 10.7. The van der Waals surface area contributed by atoms with Gasteiger partial charge in [-0.25, -0.2) is 8.42 Å². The summed E-state index contributed by atoms with van der Waals surface area (Å²) >= 11 is 9.44. The smallest absolute Gasteiger partial charge is 0.255 e. The molecule has 0 saturated carbocycles. The lowest BCUT2D eigenvalue weighted by molar-refractivity contribution is 0.0698. The molecular weight excluding hydrogens is 454 g/mol. The van der Waals surface area contributed by atoms with E-state index >= 15 is 0 Å². The largest absolute Gasteiger partial charge is 0.336 e. The molecular formula is C18H15BrClN3O3S. The Labute approximate surface area is 171 Å². The minimum absolute atomic E-state index is 0.135. The van der Waals surface area contributed by atoms with E-state index in [9.17, 15) is 13.2 Å². The SMILES string of the molecule is N#Cc1ccc(S(=O)(=O)N2CCN(C(=O)c3cc(Br)ccc3Cl)CC2)cc1. The molecule has 9 heteroatoms. The van der Waals surface area contributed by atoms with Crippen LogP contribution in [0.5, 0.6) is 0 Å². The molecule has 0 aliphatic carbocycles. The molecule has 1 saturated heterocycles. The van der Waals surface area contributed by atoms with Crippen molar-refractivity contribution in [3.8, 4) is 6.07 Å². The molecule has 1 fully saturated rings. The Kier molecular flexibility index (Phi) is 5.86. The second kappa shape index (κ2) is 7.98. The van der Waals surface area contributed by atoms with Crippen LogP contribution in [-0.4, -0.2) is 49.7 Å². The Balaban J connectivity index is 1.71. The molecule has 140 valence electrons. The van der Waals surface area contributed by atoms with Crippen molar-refractivity contribution in [3.63, 3.8) is 0 Å². The first-order chi connectivity index (χ1) is 12.8. The number of carbonyl (C=O) groups excluding carboxylic acids is 1. The van der Waals surface area contributed by atoms with E-state index in [1.54, 1.807) is 23.1 Å². The molecule has 6 nitrogen and oxygen atoms in total. The first kappa shape index (κ1) is 19.8. The molecule has 1 aliphatic heterocycles. The summed E-state index contributed by atoms with van der Waals surface area (Å²) in [6.07, 6.45) is 0. The van der Waals surface area contributed by atoms with Crippen LogP contribution in [-0.2, 0) is 10.0 Å². The minimum Gasteiger partial charge on any atom is -0.336 e. The number of piperazine rings is 1. The summed E-state index contributed by atoms with van der Waals surface area (Å²) in [5, 5.41) is 9.19. The van der Waals surface area contributed by atoms with E-state index in [2.05, 4.69) is 15.9 Å². The molecule has 3 rings (SSSR count). The third-order valence-corrected chi connectivity index (χ3v) is 7.04. The average Bonchev–Trinajstić information content (AvgIpc) is 2.69. The molecule has 0 unspecified atom stereocenters. The van der Waals surface area contributed by atoms with E-state index in [-0.39, 0.29) is 37.0 Å². The van der Waals surface area contributed by atoms with Crippen LogP contribution in [0.3, 0.4) is 0 Å². The summed E-state index contributed by atoms with van der Waals surface area (Å²) in [6.45, 7) is 0.938. The zero-order valence-corrected chi connectivity index (χ0v) is 17.3. The molecule has 2 aromatic rings. The normalized spacial score (nSPS) is 15.4. The van der Waals surface area contributed by atoms with Gasteiger partial charge in [-0.1, -0.05) is 27.5 Å². The van der Waals surface area contributed by atoms with E-state index in [1.165, 1.54) is 28.6 Å². The van der Waals surface area contributed by atoms with Crippen molar-refractivity contribution >= 4 is 43.5 Å². The first-order valence-electron chi connectivity index (χ1n) is 8.07. The number of rotatable bonds is 3. The Bertz CT molecular complexity index is 1010. The quantitative estimate of drug-likeness (QED) is 0.693. The molecule has 0 radical (unpaired) electrons. The summed E-state index contributed by atoms with van der Waals surface area (Å²) in [5.74, 6) is -0.225. The number of amides is 1. The van der Waals surface area contributed by atoms with Crippen molar-refractivity contribution in [1.29, 1.82) is 5.26 Å². The van der Waals surface area contributed by atoms with Gasteiger partial charge < -0.3 is 4.90 Å². The number of carbonyl (C=O) groups is 1. The van der Waals surface area contributed by atoms with Crippen LogP contribution in [0.1, 0.15) is 15.9 Å². The summed E-state index contributed by atoms with van der Waals surface area (Å²) in [6, 6.07) is 12.8. The van der Waals surface area contributed by atoms with Crippen molar-refractivity contribution in [3.05, 3.63) is 63.1 Å². The van der Waals surface area contributed by atoms with Gasteiger partial charge in [0.25, 0.3) is 5.91 Å². The van der Waals surface area contributed by atoms with Crippen LogP contribution in [0, 0.1) is 11.3 Å². The third kappa shape index (κ3) is 4.17. The van der Waals surface area contributed by atoms with Gasteiger partial charge in [-0.15, -0.1) is 0 Å². The highest BCUT2D eigenvalue weighted by Gasteiger charge is 2.31. The van der Waals surface area contributed by atoms with E-state index in [0.717, 1.165) is 4.47 Å². The highest BCUT2D eigenvalue weighted by molar-refractivity contribution is 9.10. The van der Waals surface area contributed by atoms with Crippen molar-refractivity contribution in [2.75, 3.05) is 26.2 Å². The van der Waals surface area contributed by atoms with Crippen molar-refractivity contribution in [2.24, 2.45) is 0 Å². The Morgan fingerprint density at radius 1 is 1.07 bits per heavy atom. The fourth-order valence-electron chi connectivity index (χ4n) is 2.81. The predicted molar refractivity (Wildman–Crippen MR) is 105 cm³/mol. The zero-order valence-electron chi connectivity index (χ0n) is 14.1. The summed E-state index contributed by atoms with van der Waals surface area (Å²) in [5.41, 5.74) is 0.782. The fraction of sp³-hybridized carbons (Fsp3) is 0.222. The number of hydrogen-bond acceptors (Lipinski definition) is 4. The van der Waals surface area contributed by atoms with Gasteiger partial charge in [-0.3, -0.25) is 4.79 Å².